The molecule has 1 rings (SSSR count). The summed E-state index contributed by atoms with van der Waals surface area (Å²) < 4.78 is 1.42. The molecule has 0 aromatic heterocycles. The van der Waals surface area contributed by atoms with E-state index in [1.807, 2.05) is 6.19 Å². The van der Waals surface area contributed by atoms with E-state index in [1.54, 1.807) is 12.3 Å². The lowest BCUT2D eigenvalue weighted by atomic mass is 10.7. The molecule has 0 amide bonds. The topological polar surface area (TPSA) is 27.0 Å². The monoisotopic (exact) mass is 110 g/mol. The lowest BCUT2D eigenvalue weighted by Gasteiger charge is -1.94. The first kappa shape index (κ1) is 4.54. The molecule has 0 bridgehead atoms. The number of nitriles is 1. The zero-order chi connectivity index (χ0) is 5.11. The Hall–Kier alpha value is -0.620. The van der Waals surface area contributed by atoms with Crippen LogP contribution in [0.1, 0.15) is 0 Å². The van der Waals surface area contributed by atoms with Gasteiger partial charge in [-0.2, -0.15) is 5.26 Å². The van der Waals surface area contributed by atoms with Crippen LogP contribution in [0.15, 0.2) is 12.3 Å². The first-order valence-electron chi connectivity index (χ1n) is 1.71. The predicted octanol–water partition coefficient (Wildman–Crippen LogP) is 0.984. The van der Waals surface area contributed by atoms with Gasteiger partial charge >= 0.3 is 0 Å². The van der Waals surface area contributed by atoms with E-state index in [4.69, 9.17) is 5.26 Å². The van der Waals surface area contributed by atoms with Crippen LogP contribution in [-0.4, -0.2) is 4.31 Å². The molecule has 1 aliphatic heterocycles. The van der Waals surface area contributed by atoms with Crippen molar-refractivity contribution in [3.05, 3.63) is 18.0 Å². The van der Waals surface area contributed by atoms with E-state index in [0.717, 1.165) is 0 Å². The van der Waals surface area contributed by atoms with Gasteiger partial charge in [-0.25, -0.2) is 4.31 Å². The average Bonchev–Trinajstić information content (AvgIpc) is 2.14. The second-order valence-electron chi connectivity index (χ2n) is 0.951. The maximum Gasteiger partial charge on any atom is 0.194 e. The minimum Gasteiger partial charge on any atom is -0.228 e. The quantitative estimate of drug-likeness (QED) is 0.343. The van der Waals surface area contributed by atoms with E-state index in [1.165, 1.54) is 16.3 Å². The summed E-state index contributed by atoms with van der Waals surface area (Å²) >= 11 is 1.25. The van der Waals surface area contributed by atoms with Gasteiger partial charge in [0.1, 0.15) is 5.75 Å². The minimum absolute atomic E-state index is 1.25. The van der Waals surface area contributed by atoms with Crippen LogP contribution in [0.2, 0.25) is 0 Å². The molecule has 7 heavy (non-hydrogen) atoms. The van der Waals surface area contributed by atoms with Gasteiger partial charge in [-0.05, 0) is 18.0 Å². The standard InChI is InChI=1S/C4H2N2S/c5-4-6-2-1-3-7-6/h1-2H. The van der Waals surface area contributed by atoms with Crippen LogP contribution in [0.25, 0.3) is 0 Å². The summed E-state index contributed by atoms with van der Waals surface area (Å²) in [5.41, 5.74) is 0. The number of rotatable bonds is 0. The van der Waals surface area contributed by atoms with Crippen LogP contribution in [0.3, 0.4) is 0 Å². The van der Waals surface area contributed by atoms with Gasteiger partial charge in [-0.15, -0.1) is 0 Å². The summed E-state index contributed by atoms with van der Waals surface area (Å²) in [6.07, 6.45) is 5.27. The van der Waals surface area contributed by atoms with Crippen LogP contribution in [0, 0.1) is 17.2 Å². The Morgan fingerprint density at radius 2 is 2.71 bits per heavy atom. The Kier molecular flexibility index (Phi) is 1.23. The lowest BCUT2D eigenvalue weighted by Crippen LogP contribution is -1.89. The third-order valence-corrected chi connectivity index (χ3v) is 1.17. The van der Waals surface area contributed by atoms with Crippen LogP contribution in [0.4, 0.5) is 0 Å². The smallest absolute Gasteiger partial charge is 0.194 e. The number of hydrogen-bond donors (Lipinski definition) is 0. The molecule has 0 aromatic carbocycles. The van der Waals surface area contributed by atoms with Gasteiger partial charge < -0.3 is 0 Å². The van der Waals surface area contributed by atoms with Crippen molar-refractivity contribution in [2.45, 2.75) is 0 Å². The fourth-order valence-electron chi connectivity index (χ4n) is 0.270. The van der Waals surface area contributed by atoms with Gasteiger partial charge in [0.15, 0.2) is 6.19 Å². The van der Waals surface area contributed by atoms with Gasteiger partial charge in [0.05, 0.1) is 0 Å². The van der Waals surface area contributed by atoms with Crippen molar-refractivity contribution in [3.63, 3.8) is 0 Å². The zero-order valence-corrected chi connectivity index (χ0v) is 4.27. The zero-order valence-electron chi connectivity index (χ0n) is 3.46. The van der Waals surface area contributed by atoms with Gasteiger partial charge in [-0.1, -0.05) is 0 Å². The largest absolute Gasteiger partial charge is 0.228 e. The van der Waals surface area contributed by atoms with E-state index in [0.29, 0.717) is 0 Å². The molecular weight excluding hydrogens is 108 g/mol. The fraction of sp³-hybridized carbons (Fsp3) is 0. The Morgan fingerprint density at radius 3 is 3.00 bits per heavy atom. The first-order chi connectivity index (χ1) is 3.43. The molecule has 34 valence electrons. The highest BCUT2D eigenvalue weighted by atomic mass is 32.2. The highest BCUT2D eigenvalue weighted by Gasteiger charge is 2.01. The van der Waals surface area contributed by atoms with Gasteiger partial charge in [-0.3, -0.25) is 0 Å². The maximum absolute atomic E-state index is 8.13. The molecule has 0 saturated carbocycles. The highest BCUT2D eigenvalue weighted by Crippen LogP contribution is 2.19. The normalized spacial score (nSPS) is 17.3. The van der Waals surface area contributed by atoms with Gasteiger partial charge in [0.2, 0.25) is 0 Å². The summed E-state index contributed by atoms with van der Waals surface area (Å²) in [5, 5.41) is 8.13. The summed E-state index contributed by atoms with van der Waals surface area (Å²) in [7, 11) is 0. The summed E-state index contributed by atoms with van der Waals surface area (Å²) in [6, 6.07) is 0. The van der Waals surface area contributed by atoms with Crippen molar-refractivity contribution >= 4 is 11.9 Å². The predicted molar refractivity (Wildman–Crippen MR) is 27.4 cm³/mol. The van der Waals surface area contributed by atoms with Crippen molar-refractivity contribution < 1.29 is 0 Å². The van der Waals surface area contributed by atoms with Crippen LogP contribution in [-0.2, 0) is 0 Å². The Bertz CT molecular complexity index is 124. The molecule has 0 spiro atoms. The van der Waals surface area contributed by atoms with Crippen molar-refractivity contribution in [2.24, 2.45) is 0 Å². The third-order valence-electron chi connectivity index (χ3n) is 0.528. The molecule has 0 aromatic rings. The second-order valence-corrected chi connectivity index (χ2v) is 1.76. The van der Waals surface area contributed by atoms with Crippen LogP contribution < -0.4 is 0 Å². The molecule has 0 unspecified atom stereocenters. The molecule has 1 heterocycles. The molecule has 0 N–H and O–H groups in total. The molecule has 0 atom stereocenters. The van der Waals surface area contributed by atoms with E-state index >= 15 is 0 Å². The van der Waals surface area contributed by atoms with E-state index in [9.17, 15) is 0 Å². The van der Waals surface area contributed by atoms with Gasteiger partial charge in [0.25, 0.3) is 0 Å². The van der Waals surface area contributed by atoms with Crippen molar-refractivity contribution in [1.82, 2.24) is 4.31 Å². The van der Waals surface area contributed by atoms with E-state index in [2.05, 4.69) is 5.75 Å². The maximum atomic E-state index is 8.13. The van der Waals surface area contributed by atoms with Gasteiger partial charge in [0, 0.05) is 6.20 Å². The molecule has 0 aliphatic carbocycles. The Balaban J connectivity index is 2.47. The number of hydrogen-bond acceptors (Lipinski definition) is 3. The average molecular weight is 110 g/mol. The van der Waals surface area contributed by atoms with E-state index < -0.39 is 0 Å². The molecule has 3 heteroatoms. The third kappa shape index (κ3) is 0.875. The molecule has 1 aliphatic rings. The second kappa shape index (κ2) is 1.90. The van der Waals surface area contributed by atoms with Crippen molar-refractivity contribution in [2.75, 3.05) is 0 Å². The highest BCUT2D eigenvalue weighted by molar-refractivity contribution is 7.99. The molecular formula is C4H2N2S. The summed E-state index contributed by atoms with van der Waals surface area (Å²) in [6.45, 7) is 0. The summed E-state index contributed by atoms with van der Waals surface area (Å²) in [4.78, 5) is 0. The first-order valence-corrected chi connectivity index (χ1v) is 2.49. The SMILES string of the molecule is N#CN1C=C[C]S1. The summed E-state index contributed by atoms with van der Waals surface area (Å²) in [5.74, 6) is 2.76. The molecule has 2 nitrogen and oxygen atoms in total. The molecule has 2 radical (unpaired) electrons. The minimum atomic E-state index is 1.25. The molecule has 0 saturated heterocycles. The van der Waals surface area contributed by atoms with E-state index in [-0.39, 0.29) is 0 Å². The van der Waals surface area contributed by atoms with Crippen LogP contribution >= 0.6 is 11.9 Å². The Morgan fingerprint density at radius 1 is 1.86 bits per heavy atom. The number of nitrogens with zero attached hydrogens (tertiary/aromatic N) is 2. The fourth-order valence-corrected chi connectivity index (χ4v) is 0.667. The van der Waals surface area contributed by atoms with Crippen molar-refractivity contribution in [3.8, 4) is 6.19 Å². The van der Waals surface area contributed by atoms with Crippen molar-refractivity contribution in [1.29, 1.82) is 5.26 Å². The lowest BCUT2D eigenvalue weighted by molar-refractivity contribution is 0.893. The Labute approximate surface area is 46.5 Å². The van der Waals surface area contributed by atoms with Crippen LogP contribution in [0.5, 0.6) is 0 Å². The molecule has 0 fully saturated rings.